The van der Waals surface area contributed by atoms with Crippen molar-refractivity contribution >= 4 is 34.8 Å². The van der Waals surface area contributed by atoms with Gasteiger partial charge in [-0.15, -0.1) is 0 Å². The Bertz CT molecular complexity index is 200. The minimum absolute atomic E-state index is 0.519. The van der Waals surface area contributed by atoms with Crippen LogP contribution in [0.5, 0.6) is 0 Å². The molecule has 0 aliphatic rings. The fourth-order valence-electron chi connectivity index (χ4n) is 2.56. The number of hydrogen-bond acceptors (Lipinski definition) is 0. The lowest BCUT2D eigenvalue weighted by molar-refractivity contribution is -0.896. The van der Waals surface area contributed by atoms with Crippen LogP contribution in [-0.2, 0) is 0 Å². The SMILES string of the molecule is CCCCCCCCCCCCCC[N+](CCl)(CCl)CCl. The summed E-state index contributed by atoms with van der Waals surface area (Å²) in [7, 11) is 0. The molecule has 0 heterocycles. The quantitative estimate of drug-likeness (QED) is 0.119. The van der Waals surface area contributed by atoms with Gasteiger partial charge in [-0.25, -0.2) is 0 Å². The topological polar surface area (TPSA) is 0 Å². The van der Waals surface area contributed by atoms with Gasteiger partial charge in [0.2, 0.25) is 0 Å². The Morgan fingerprint density at radius 3 is 1.19 bits per heavy atom. The van der Waals surface area contributed by atoms with Crippen LogP contribution in [0.1, 0.15) is 84.0 Å². The zero-order chi connectivity index (χ0) is 15.8. The molecule has 0 aromatic rings. The van der Waals surface area contributed by atoms with E-state index >= 15 is 0 Å². The summed E-state index contributed by atoms with van der Waals surface area (Å²) in [6.07, 6.45) is 16.5. The highest BCUT2D eigenvalue weighted by molar-refractivity contribution is 6.20. The maximum atomic E-state index is 5.97. The summed E-state index contributed by atoms with van der Waals surface area (Å²) < 4.78 is 0.627. The van der Waals surface area contributed by atoms with Gasteiger partial charge in [0.05, 0.1) is 6.54 Å². The summed E-state index contributed by atoms with van der Waals surface area (Å²) in [5.41, 5.74) is 0. The van der Waals surface area contributed by atoms with Crippen molar-refractivity contribution in [3.8, 4) is 0 Å². The van der Waals surface area contributed by atoms with E-state index in [2.05, 4.69) is 6.92 Å². The number of nitrogens with zero attached hydrogens (tertiary/aromatic N) is 1. The van der Waals surface area contributed by atoms with Gasteiger partial charge in [-0.05, 0) is 12.8 Å². The zero-order valence-corrected chi connectivity index (χ0v) is 16.2. The van der Waals surface area contributed by atoms with Gasteiger partial charge in [0.15, 0.2) is 18.0 Å². The van der Waals surface area contributed by atoms with Crippen LogP contribution in [0.3, 0.4) is 0 Å². The molecule has 0 aromatic heterocycles. The normalized spacial score (nSPS) is 12.0. The summed E-state index contributed by atoms with van der Waals surface area (Å²) in [5, 5.41) is 0. The fraction of sp³-hybridized carbons (Fsp3) is 1.00. The second kappa shape index (κ2) is 15.7. The van der Waals surface area contributed by atoms with Gasteiger partial charge in [0, 0.05) is 0 Å². The first-order valence-electron chi connectivity index (χ1n) is 8.77. The Kier molecular flexibility index (Phi) is 16.3. The van der Waals surface area contributed by atoms with E-state index in [-0.39, 0.29) is 0 Å². The molecule has 21 heavy (non-hydrogen) atoms. The Labute approximate surface area is 147 Å². The van der Waals surface area contributed by atoms with Crippen LogP contribution in [-0.4, -0.2) is 29.0 Å². The van der Waals surface area contributed by atoms with Crippen molar-refractivity contribution in [3.05, 3.63) is 0 Å². The van der Waals surface area contributed by atoms with Crippen molar-refractivity contribution in [1.82, 2.24) is 0 Å². The number of halogens is 3. The van der Waals surface area contributed by atoms with Gasteiger partial charge in [-0.1, -0.05) is 106 Å². The molecule has 1 nitrogen and oxygen atoms in total. The van der Waals surface area contributed by atoms with Crippen molar-refractivity contribution in [2.75, 3.05) is 24.6 Å². The molecular formula is C17H35Cl3N+. The van der Waals surface area contributed by atoms with Crippen molar-refractivity contribution < 1.29 is 4.48 Å². The highest BCUT2D eigenvalue weighted by atomic mass is 35.5. The number of unbranched alkanes of at least 4 members (excludes halogenated alkanes) is 11. The standard InChI is InChI=1S/C17H35Cl3N/c1-2-3-4-5-6-7-8-9-10-11-12-13-14-21(15-18,16-19)17-20/h2-17H2,1H3/q+1. The van der Waals surface area contributed by atoms with Crippen LogP contribution in [0.25, 0.3) is 0 Å². The predicted octanol–water partition coefficient (Wildman–Crippen LogP) is 7.09. The maximum Gasteiger partial charge on any atom is 0.156 e. The summed E-state index contributed by atoms with van der Waals surface area (Å²) in [6.45, 7) is 3.28. The molecule has 0 amide bonds. The molecule has 0 spiro atoms. The van der Waals surface area contributed by atoms with E-state index in [4.69, 9.17) is 34.8 Å². The van der Waals surface area contributed by atoms with E-state index in [0.29, 0.717) is 22.5 Å². The lowest BCUT2D eigenvalue weighted by Gasteiger charge is -2.31. The van der Waals surface area contributed by atoms with E-state index in [1.807, 2.05) is 0 Å². The van der Waals surface area contributed by atoms with Crippen LogP contribution in [0.15, 0.2) is 0 Å². The number of rotatable bonds is 16. The molecular weight excluding hydrogens is 325 g/mol. The highest BCUT2D eigenvalue weighted by Crippen LogP contribution is 2.16. The van der Waals surface area contributed by atoms with Gasteiger partial charge in [-0.2, -0.15) is 0 Å². The molecule has 0 bridgehead atoms. The summed E-state index contributed by atoms with van der Waals surface area (Å²) in [6, 6.07) is 1.56. The van der Waals surface area contributed by atoms with Gasteiger partial charge in [0.25, 0.3) is 0 Å². The summed E-state index contributed by atoms with van der Waals surface area (Å²) in [4.78, 5) is 0. The summed E-state index contributed by atoms with van der Waals surface area (Å²) in [5.74, 6) is 0. The van der Waals surface area contributed by atoms with E-state index < -0.39 is 0 Å². The minimum atomic E-state index is 0.519. The Hall–Kier alpha value is 0.830. The van der Waals surface area contributed by atoms with Crippen molar-refractivity contribution in [3.63, 3.8) is 0 Å². The smallest absolute Gasteiger partial charge is 0.156 e. The molecule has 0 unspecified atom stereocenters. The lowest BCUT2D eigenvalue weighted by atomic mass is 10.1. The first-order valence-corrected chi connectivity index (χ1v) is 10.4. The molecule has 0 N–H and O–H groups in total. The molecule has 0 rings (SSSR count). The molecule has 4 heteroatoms. The number of alkyl halides is 3. The Balaban J connectivity index is 3.29. The van der Waals surface area contributed by atoms with Crippen LogP contribution in [0.4, 0.5) is 0 Å². The van der Waals surface area contributed by atoms with Gasteiger partial charge < -0.3 is 0 Å². The fourth-order valence-corrected chi connectivity index (χ4v) is 3.69. The van der Waals surface area contributed by atoms with Gasteiger partial charge in [0.1, 0.15) is 0 Å². The molecule has 0 fully saturated rings. The van der Waals surface area contributed by atoms with Crippen molar-refractivity contribution in [2.45, 2.75) is 84.0 Å². The molecule has 0 saturated carbocycles. The van der Waals surface area contributed by atoms with Crippen molar-refractivity contribution in [1.29, 1.82) is 0 Å². The number of hydrogen-bond donors (Lipinski definition) is 0. The van der Waals surface area contributed by atoms with E-state index in [1.54, 1.807) is 0 Å². The Morgan fingerprint density at radius 2 is 0.857 bits per heavy atom. The van der Waals surface area contributed by atoms with E-state index in [0.717, 1.165) is 6.54 Å². The third-order valence-electron chi connectivity index (χ3n) is 4.25. The minimum Gasteiger partial charge on any atom is -0.286 e. The van der Waals surface area contributed by atoms with Crippen LogP contribution < -0.4 is 0 Å². The Morgan fingerprint density at radius 1 is 0.524 bits per heavy atom. The third kappa shape index (κ3) is 12.0. The zero-order valence-electron chi connectivity index (χ0n) is 13.9. The van der Waals surface area contributed by atoms with Gasteiger partial charge in [-0.3, -0.25) is 4.48 Å². The first-order chi connectivity index (χ1) is 10.2. The van der Waals surface area contributed by atoms with Crippen LogP contribution in [0, 0.1) is 0 Å². The second-order valence-electron chi connectivity index (χ2n) is 6.31. The molecule has 0 aliphatic carbocycles. The van der Waals surface area contributed by atoms with Crippen molar-refractivity contribution in [2.24, 2.45) is 0 Å². The van der Waals surface area contributed by atoms with Gasteiger partial charge >= 0.3 is 0 Å². The number of quaternary nitrogens is 1. The maximum absolute atomic E-state index is 5.97. The average molecular weight is 360 g/mol. The lowest BCUT2D eigenvalue weighted by Crippen LogP contribution is -2.45. The molecule has 0 aromatic carbocycles. The average Bonchev–Trinajstić information content (AvgIpc) is 2.53. The third-order valence-corrected chi connectivity index (χ3v) is 5.77. The van der Waals surface area contributed by atoms with E-state index in [1.165, 1.54) is 77.0 Å². The molecule has 128 valence electrons. The molecule has 0 radical (unpaired) electrons. The predicted molar refractivity (Wildman–Crippen MR) is 98.4 cm³/mol. The molecule has 0 atom stereocenters. The van der Waals surface area contributed by atoms with Crippen LogP contribution >= 0.6 is 34.8 Å². The largest absolute Gasteiger partial charge is 0.286 e. The second-order valence-corrected chi connectivity index (χ2v) is 7.03. The monoisotopic (exact) mass is 358 g/mol. The van der Waals surface area contributed by atoms with E-state index in [9.17, 15) is 0 Å². The molecule has 0 saturated heterocycles. The van der Waals surface area contributed by atoms with Crippen LogP contribution in [0.2, 0.25) is 0 Å². The first kappa shape index (κ1) is 21.8. The highest BCUT2D eigenvalue weighted by Gasteiger charge is 2.23. The molecule has 0 aliphatic heterocycles. The summed E-state index contributed by atoms with van der Waals surface area (Å²) >= 11 is 17.9.